The Labute approximate surface area is 114 Å². The maximum Gasteiger partial charge on any atom is 0.216 e. The second-order valence-corrected chi connectivity index (χ2v) is 4.97. The van der Waals surface area contributed by atoms with Gasteiger partial charge in [-0.1, -0.05) is 12.1 Å². The number of ether oxygens (including phenoxy) is 1. The molecule has 1 aliphatic heterocycles. The van der Waals surface area contributed by atoms with Crippen LogP contribution in [0.25, 0.3) is 0 Å². The Hall–Kier alpha value is -1.55. The van der Waals surface area contributed by atoms with Crippen LogP contribution in [0.5, 0.6) is 5.75 Å². The molecule has 4 heteroatoms. The Morgan fingerprint density at radius 2 is 1.95 bits per heavy atom. The predicted molar refractivity (Wildman–Crippen MR) is 75.2 cm³/mol. The number of methoxy groups -OCH3 is 1. The highest BCUT2D eigenvalue weighted by molar-refractivity contribution is 5.72. The molecule has 1 atom stereocenters. The zero-order chi connectivity index (χ0) is 13.7. The number of carbonyl (C=O) groups excluding carboxylic acids is 1. The molecule has 4 nitrogen and oxygen atoms in total. The van der Waals surface area contributed by atoms with Crippen LogP contribution in [0.4, 0.5) is 0 Å². The normalized spacial score (nSPS) is 17.2. The van der Waals surface area contributed by atoms with Crippen LogP contribution in [0, 0.1) is 0 Å². The molecule has 1 N–H and O–H groups in total. The number of rotatable bonds is 5. The van der Waals surface area contributed by atoms with Crippen LogP contribution in [0.1, 0.15) is 31.4 Å². The van der Waals surface area contributed by atoms with E-state index in [1.807, 2.05) is 12.1 Å². The lowest BCUT2D eigenvalue weighted by atomic mass is 10.1. The molecule has 104 valence electrons. The molecule has 1 heterocycles. The topological polar surface area (TPSA) is 41.6 Å². The number of carbonyl (C=O) groups is 1. The van der Waals surface area contributed by atoms with Gasteiger partial charge in [-0.25, -0.2) is 0 Å². The number of amides is 1. The van der Waals surface area contributed by atoms with Crippen molar-refractivity contribution in [2.75, 3.05) is 26.7 Å². The molecule has 0 aliphatic carbocycles. The zero-order valence-electron chi connectivity index (χ0n) is 11.7. The molecule has 0 radical (unpaired) electrons. The molecule has 1 aromatic rings. The van der Waals surface area contributed by atoms with Gasteiger partial charge in [0.2, 0.25) is 5.91 Å². The van der Waals surface area contributed by atoms with Gasteiger partial charge in [-0.15, -0.1) is 0 Å². The molecule has 2 rings (SSSR count). The second-order valence-electron chi connectivity index (χ2n) is 4.97. The lowest BCUT2D eigenvalue weighted by Crippen LogP contribution is -2.35. The Kier molecular flexibility index (Phi) is 4.80. The third kappa shape index (κ3) is 3.70. The van der Waals surface area contributed by atoms with Crippen LogP contribution < -0.4 is 10.1 Å². The summed E-state index contributed by atoms with van der Waals surface area (Å²) in [7, 11) is 1.67. The zero-order valence-corrected chi connectivity index (χ0v) is 11.7. The van der Waals surface area contributed by atoms with Crippen LogP contribution in [0.3, 0.4) is 0 Å². The van der Waals surface area contributed by atoms with Gasteiger partial charge in [-0.2, -0.15) is 0 Å². The van der Waals surface area contributed by atoms with Crippen molar-refractivity contribution in [3.63, 3.8) is 0 Å². The fourth-order valence-corrected chi connectivity index (χ4v) is 2.58. The molecule has 0 saturated carbocycles. The smallest absolute Gasteiger partial charge is 0.216 e. The largest absolute Gasteiger partial charge is 0.497 e. The number of nitrogens with zero attached hydrogens (tertiary/aromatic N) is 1. The fraction of sp³-hybridized carbons (Fsp3) is 0.533. The van der Waals surface area contributed by atoms with E-state index >= 15 is 0 Å². The SMILES string of the molecule is COc1ccc([C@@H](CNC(C)=O)N2CCCC2)cc1. The number of hydrogen-bond donors (Lipinski definition) is 1. The van der Waals surface area contributed by atoms with E-state index in [1.54, 1.807) is 14.0 Å². The Balaban J connectivity index is 2.11. The molecule has 1 fully saturated rings. The minimum atomic E-state index is 0.0257. The van der Waals surface area contributed by atoms with Crippen LogP contribution in [0.15, 0.2) is 24.3 Å². The fourth-order valence-electron chi connectivity index (χ4n) is 2.58. The number of nitrogens with one attached hydrogen (secondary N) is 1. The van der Waals surface area contributed by atoms with E-state index in [1.165, 1.54) is 18.4 Å². The summed E-state index contributed by atoms with van der Waals surface area (Å²) in [6.07, 6.45) is 2.49. The number of hydrogen-bond acceptors (Lipinski definition) is 3. The quantitative estimate of drug-likeness (QED) is 0.882. The van der Waals surface area contributed by atoms with Crippen LogP contribution >= 0.6 is 0 Å². The van der Waals surface area contributed by atoms with Crippen molar-refractivity contribution in [1.29, 1.82) is 0 Å². The summed E-state index contributed by atoms with van der Waals surface area (Å²) in [6.45, 7) is 4.45. The van der Waals surface area contributed by atoms with Gasteiger partial charge in [0.05, 0.1) is 13.2 Å². The third-order valence-electron chi connectivity index (χ3n) is 3.63. The highest BCUT2D eigenvalue weighted by Gasteiger charge is 2.23. The standard InChI is InChI=1S/C15H22N2O2/c1-12(18)16-11-15(17-9-3-4-10-17)13-5-7-14(19-2)8-6-13/h5-8,15H,3-4,9-11H2,1-2H3,(H,16,18)/t15-/m1/s1. The van der Waals surface area contributed by atoms with E-state index in [0.717, 1.165) is 18.8 Å². The first kappa shape index (κ1) is 13.9. The minimum absolute atomic E-state index is 0.0257. The molecular weight excluding hydrogens is 240 g/mol. The highest BCUT2D eigenvalue weighted by Crippen LogP contribution is 2.26. The molecule has 0 unspecified atom stereocenters. The van der Waals surface area contributed by atoms with Crippen LogP contribution in [-0.2, 0) is 4.79 Å². The van der Waals surface area contributed by atoms with Crippen LogP contribution in [-0.4, -0.2) is 37.6 Å². The van der Waals surface area contributed by atoms with Crippen LogP contribution in [0.2, 0.25) is 0 Å². The van der Waals surface area contributed by atoms with Crippen molar-refractivity contribution in [3.8, 4) is 5.75 Å². The molecule has 19 heavy (non-hydrogen) atoms. The van der Waals surface area contributed by atoms with Gasteiger partial charge in [0, 0.05) is 13.5 Å². The maximum atomic E-state index is 11.1. The van der Waals surface area contributed by atoms with E-state index in [9.17, 15) is 4.79 Å². The van der Waals surface area contributed by atoms with Crippen molar-refractivity contribution >= 4 is 5.91 Å². The van der Waals surface area contributed by atoms with Crippen molar-refractivity contribution < 1.29 is 9.53 Å². The lowest BCUT2D eigenvalue weighted by molar-refractivity contribution is -0.119. The Bertz CT molecular complexity index is 411. The predicted octanol–water partition coefficient (Wildman–Crippen LogP) is 1.97. The van der Waals surface area contributed by atoms with Crippen molar-refractivity contribution in [3.05, 3.63) is 29.8 Å². The summed E-state index contributed by atoms with van der Waals surface area (Å²) >= 11 is 0. The molecule has 0 bridgehead atoms. The lowest BCUT2D eigenvalue weighted by Gasteiger charge is -2.28. The van der Waals surface area contributed by atoms with Gasteiger partial charge in [-0.05, 0) is 43.6 Å². The highest BCUT2D eigenvalue weighted by atomic mass is 16.5. The number of benzene rings is 1. The first-order valence-corrected chi connectivity index (χ1v) is 6.83. The second kappa shape index (κ2) is 6.57. The van der Waals surface area contributed by atoms with Gasteiger partial charge in [0.1, 0.15) is 5.75 Å². The first-order chi connectivity index (χ1) is 9.20. The van der Waals surface area contributed by atoms with Gasteiger partial charge >= 0.3 is 0 Å². The van der Waals surface area contributed by atoms with E-state index in [0.29, 0.717) is 6.54 Å². The average molecular weight is 262 g/mol. The van der Waals surface area contributed by atoms with Crippen molar-refractivity contribution in [1.82, 2.24) is 10.2 Å². The van der Waals surface area contributed by atoms with Gasteiger partial charge in [0.15, 0.2) is 0 Å². The number of likely N-dealkylation sites (tertiary alicyclic amines) is 1. The summed E-state index contributed by atoms with van der Waals surface area (Å²) in [5, 5.41) is 2.94. The van der Waals surface area contributed by atoms with Crippen molar-refractivity contribution in [2.24, 2.45) is 0 Å². The molecule has 1 aromatic carbocycles. The molecular formula is C15H22N2O2. The Morgan fingerprint density at radius 3 is 2.47 bits per heavy atom. The first-order valence-electron chi connectivity index (χ1n) is 6.83. The van der Waals surface area contributed by atoms with E-state index in [-0.39, 0.29) is 11.9 Å². The summed E-state index contributed by atoms with van der Waals surface area (Å²) in [5.41, 5.74) is 1.23. The monoisotopic (exact) mass is 262 g/mol. The maximum absolute atomic E-state index is 11.1. The summed E-state index contributed by atoms with van der Waals surface area (Å²) in [5.74, 6) is 0.890. The Morgan fingerprint density at radius 1 is 1.32 bits per heavy atom. The van der Waals surface area contributed by atoms with E-state index in [2.05, 4.69) is 22.3 Å². The van der Waals surface area contributed by atoms with E-state index < -0.39 is 0 Å². The molecule has 0 aromatic heterocycles. The van der Waals surface area contributed by atoms with E-state index in [4.69, 9.17) is 4.74 Å². The van der Waals surface area contributed by atoms with Crippen molar-refractivity contribution in [2.45, 2.75) is 25.8 Å². The third-order valence-corrected chi connectivity index (χ3v) is 3.63. The molecule has 1 saturated heterocycles. The summed E-state index contributed by atoms with van der Waals surface area (Å²) < 4.78 is 5.19. The molecule has 1 aliphatic rings. The van der Waals surface area contributed by atoms with Gasteiger partial charge < -0.3 is 10.1 Å². The summed E-state index contributed by atoms with van der Waals surface area (Å²) in [6, 6.07) is 8.39. The summed E-state index contributed by atoms with van der Waals surface area (Å²) in [4.78, 5) is 13.6. The molecule has 1 amide bonds. The van der Waals surface area contributed by atoms with Gasteiger partial charge in [0.25, 0.3) is 0 Å². The molecule has 0 spiro atoms. The minimum Gasteiger partial charge on any atom is -0.497 e. The average Bonchev–Trinajstić information content (AvgIpc) is 2.93. The van der Waals surface area contributed by atoms with Gasteiger partial charge in [-0.3, -0.25) is 9.69 Å².